The number of hydrogen-bond acceptors (Lipinski definition) is 5. The number of amides is 1. The summed E-state index contributed by atoms with van der Waals surface area (Å²) in [5.74, 6) is 0.956. The van der Waals surface area contributed by atoms with Gasteiger partial charge in [-0.1, -0.05) is 20.8 Å². The van der Waals surface area contributed by atoms with Gasteiger partial charge in [-0.15, -0.1) is 11.8 Å². The second-order valence-electron chi connectivity index (χ2n) is 7.93. The number of aromatic nitrogens is 4. The molecule has 1 amide bonds. The molecule has 7 nitrogen and oxygen atoms in total. The summed E-state index contributed by atoms with van der Waals surface area (Å²) in [4.78, 5) is 34.2. The fraction of sp³-hybridized carbons (Fsp3) is 0.400. The predicted octanol–water partition coefficient (Wildman–Crippen LogP) is 3.75. The summed E-state index contributed by atoms with van der Waals surface area (Å²) >= 11 is 1.58. The van der Waals surface area contributed by atoms with E-state index in [0.29, 0.717) is 17.2 Å². The first-order valence-electron chi connectivity index (χ1n) is 9.15. The van der Waals surface area contributed by atoms with E-state index in [1.807, 2.05) is 58.9 Å². The Morgan fingerprint density at radius 1 is 1.21 bits per heavy atom. The first kappa shape index (κ1) is 20.1. The number of anilines is 1. The molecule has 0 aliphatic rings. The van der Waals surface area contributed by atoms with Gasteiger partial charge in [0.05, 0.1) is 5.69 Å². The third-order valence-corrected chi connectivity index (χ3v) is 5.21. The van der Waals surface area contributed by atoms with Crippen molar-refractivity contribution in [1.82, 2.24) is 19.2 Å². The summed E-state index contributed by atoms with van der Waals surface area (Å²) in [6, 6.07) is 9.33. The van der Waals surface area contributed by atoms with Crippen LogP contribution in [0.4, 0.5) is 5.69 Å². The Bertz CT molecular complexity index is 1050. The average molecular weight is 400 g/mol. The number of thioether (sulfide) groups is 1. The molecule has 148 valence electrons. The molecule has 1 N–H and O–H groups in total. The first-order chi connectivity index (χ1) is 13.1. The summed E-state index contributed by atoms with van der Waals surface area (Å²) in [6.45, 7) is 9.62. The fourth-order valence-corrected chi connectivity index (χ4v) is 3.31. The quantitative estimate of drug-likeness (QED) is 0.661. The van der Waals surface area contributed by atoms with Gasteiger partial charge in [-0.3, -0.25) is 14.3 Å². The van der Waals surface area contributed by atoms with Crippen LogP contribution in [0.3, 0.4) is 0 Å². The van der Waals surface area contributed by atoms with Crippen molar-refractivity contribution in [3.8, 4) is 0 Å². The Morgan fingerprint density at radius 3 is 2.50 bits per heavy atom. The molecule has 0 fully saturated rings. The summed E-state index contributed by atoms with van der Waals surface area (Å²) in [7, 11) is 0. The lowest BCUT2D eigenvalue weighted by atomic mass is 9.95. The molecular weight excluding hydrogens is 374 g/mol. The van der Waals surface area contributed by atoms with E-state index in [1.165, 1.54) is 4.52 Å². The third kappa shape index (κ3) is 4.44. The Kier molecular flexibility index (Phi) is 5.60. The summed E-state index contributed by atoms with van der Waals surface area (Å²) < 4.78 is 3.26. The number of carbonyl (C=O) groups is 1. The number of benzene rings is 1. The van der Waals surface area contributed by atoms with Crippen LogP contribution in [0.1, 0.15) is 46.4 Å². The largest absolute Gasteiger partial charge is 0.326 e. The molecule has 2 aromatic heterocycles. The van der Waals surface area contributed by atoms with E-state index < -0.39 is 5.41 Å². The van der Waals surface area contributed by atoms with Gasteiger partial charge in [-0.05, 0) is 38.1 Å². The lowest BCUT2D eigenvalue weighted by Gasteiger charge is -2.17. The highest BCUT2D eigenvalue weighted by Gasteiger charge is 2.21. The number of carbonyl (C=O) groups excluding carboxylic acids is 1. The molecule has 0 saturated carbocycles. The summed E-state index contributed by atoms with van der Waals surface area (Å²) in [5, 5.41) is 2.91. The number of fused-ring (bicyclic) bond motifs is 1. The van der Waals surface area contributed by atoms with Gasteiger partial charge in [0.15, 0.2) is 0 Å². The summed E-state index contributed by atoms with van der Waals surface area (Å²) in [6.07, 6.45) is 1.63. The van der Waals surface area contributed by atoms with Crippen LogP contribution >= 0.6 is 11.8 Å². The van der Waals surface area contributed by atoms with Gasteiger partial charge in [0.2, 0.25) is 5.91 Å². The van der Waals surface area contributed by atoms with Crippen LogP contribution in [0.5, 0.6) is 0 Å². The minimum Gasteiger partial charge on any atom is -0.326 e. The van der Waals surface area contributed by atoms with Gasteiger partial charge in [0.25, 0.3) is 11.3 Å². The van der Waals surface area contributed by atoms with Crippen LogP contribution < -0.4 is 10.9 Å². The summed E-state index contributed by atoms with van der Waals surface area (Å²) in [5.41, 5.74) is 0.886. The highest BCUT2D eigenvalue weighted by atomic mass is 32.2. The molecule has 0 atom stereocenters. The fourth-order valence-electron chi connectivity index (χ4n) is 2.52. The molecule has 0 bridgehead atoms. The maximum Gasteiger partial charge on any atom is 0.274 e. The van der Waals surface area contributed by atoms with Gasteiger partial charge in [-0.2, -0.15) is 9.50 Å². The van der Waals surface area contributed by atoms with E-state index in [0.717, 1.165) is 10.6 Å². The van der Waals surface area contributed by atoms with Crippen molar-refractivity contribution in [2.45, 2.75) is 51.3 Å². The Morgan fingerprint density at radius 2 is 1.89 bits per heavy atom. The standard InChI is InChI=1S/C20H25N5O2S/c1-13(2)24-12-21-19-23-15(10-17(26)25(19)24)11-28-16-8-6-14(7-9-16)22-18(27)20(3,4)5/h6-10,12-13H,11H2,1-5H3,(H,22,27). The smallest absolute Gasteiger partial charge is 0.274 e. The first-order valence-corrected chi connectivity index (χ1v) is 10.1. The number of nitrogens with one attached hydrogen (secondary N) is 1. The maximum atomic E-state index is 12.4. The molecular formula is C20H25N5O2S. The van der Waals surface area contributed by atoms with Crippen molar-refractivity contribution in [3.63, 3.8) is 0 Å². The van der Waals surface area contributed by atoms with Crippen LogP contribution in [0, 0.1) is 5.41 Å². The molecule has 2 heterocycles. The minimum absolute atomic E-state index is 0.0216. The highest BCUT2D eigenvalue weighted by Crippen LogP contribution is 2.24. The second kappa shape index (κ2) is 7.79. The number of hydrogen-bond donors (Lipinski definition) is 1. The molecule has 3 aromatic rings. The second-order valence-corrected chi connectivity index (χ2v) is 8.98. The molecule has 0 aliphatic carbocycles. The van der Waals surface area contributed by atoms with Crippen LogP contribution in [0.25, 0.3) is 5.78 Å². The van der Waals surface area contributed by atoms with Crippen molar-refractivity contribution in [2.75, 3.05) is 5.32 Å². The van der Waals surface area contributed by atoms with E-state index in [1.54, 1.807) is 28.8 Å². The van der Waals surface area contributed by atoms with Gasteiger partial charge in [0, 0.05) is 33.9 Å². The molecule has 1 aromatic carbocycles. The Labute approximate surface area is 168 Å². The minimum atomic E-state index is -0.436. The number of rotatable bonds is 5. The van der Waals surface area contributed by atoms with E-state index in [9.17, 15) is 9.59 Å². The van der Waals surface area contributed by atoms with E-state index in [4.69, 9.17) is 0 Å². The zero-order chi connectivity index (χ0) is 20.5. The molecule has 0 aliphatic heterocycles. The van der Waals surface area contributed by atoms with E-state index in [-0.39, 0.29) is 17.5 Å². The van der Waals surface area contributed by atoms with Gasteiger partial charge in [0.1, 0.15) is 6.33 Å². The molecule has 3 rings (SSSR count). The molecule has 0 spiro atoms. The van der Waals surface area contributed by atoms with Crippen LogP contribution in [0.2, 0.25) is 0 Å². The van der Waals surface area contributed by atoms with Crippen LogP contribution in [-0.4, -0.2) is 25.1 Å². The van der Waals surface area contributed by atoms with E-state index >= 15 is 0 Å². The molecule has 28 heavy (non-hydrogen) atoms. The highest BCUT2D eigenvalue weighted by molar-refractivity contribution is 7.98. The van der Waals surface area contributed by atoms with E-state index in [2.05, 4.69) is 15.3 Å². The monoisotopic (exact) mass is 399 g/mol. The van der Waals surface area contributed by atoms with Gasteiger partial charge in [-0.25, -0.2) is 4.98 Å². The zero-order valence-corrected chi connectivity index (χ0v) is 17.6. The van der Waals surface area contributed by atoms with Gasteiger partial charge < -0.3 is 5.32 Å². The predicted molar refractivity (Wildman–Crippen MR) is 112 cm³/mol. The third-order valence-electron chi connectivity index (χ3n) is 4.16. The Balaban J connectivity index is 1.69. The van der Waals surface area contributed by atoms with Crippen molar-refractivity contribution in [1.29, 1.82) is 0 Å². The Hall–Kier alpha value is -2.61. The van der Waals surface area contributed by atoms with Gasteiger partial charge >= 0.3 is 0 Å². The van der Waals surface area contributed by atoms with Crippen molar-refractivity contribution in [2.24, 2.45) is 5.41 Å². The normalized spacial score (nSPS) is 11.9. The number of nitrogens with zero attached hydrogens (tertiary/aromatic N) is 4. The van der Waals surface area contributed by atoms with Crippen LogP contribution in [-0.2, 0) is 10.5 Å². The SMILES string of the molecule is CC(C)n1cnc2nc(CSc3ccc(NC(=O)C(C)(C)C)cc3)cc(=O)n21. The maximum absolute atomic E-state index is 12.4. The lowest BCUT2D eigenvalue weighted by molar-refractivity contribution is -0.123. The van der Waals surface area contributed by atoms with Crippen LogP contribution in [0.15, 0.2) is 46.3 Å². The topological polar surface area (TPSA) is 81.3 Å². The van der Waals surface area contributed by atoms with Crippen molar-refractivity contribution < 1.29 is 4.79 Å². The average Bonchev–Trinajstić information content (AvgIpc) is 3.05. The lowest BCUT2D eigenvalue weighted by Crippen LogP contribution is -2.27. The zero-order valence-electron chi connectivity index (χ0n) is 16.8. The molecule has 0 saturated heterocycles. The van der Waals surface area contributed by atoms with Crippen molar-refractivity contribution in [3.05, 3.63) is 52.7 Å². The van der Waals surface area contributed by atoms with Crippen molar-refractivity contribution >= 4 is 29.1 Å². The molecule has 0 unspecified atom stereocenters. The molecule has 8 heteroatoms. The molecule has 0 radical (unpaired) electrons.